The van der Waals surface area contributed by atoms with Crippen LogP contribution in [0.5, 0.6) is 0 Å². The van der Waals surface area contributed by atoms with Crippen LogP contribution in [0.25, 0.3) is 0 Å². The van der Waals surface area contributed by atoms with Gasteiger partial charge in [0.05, 0.1) is 5.41 Å². The molecule has 2 unspecified atom stereocenters. The Labute approximate surface area is 146 Å². The highest BCUT2D eigenvalue weighted by atomic mass is 127. The molecule has 1 aliphatic rings. The van der Waals surface area contributed by atoms with Crippen molar-refractivity contribution in [1.82, 2.24) is 16.0 Å². The van der Waals surface area contributed by atoms with Gasteiger partial charge in [-0.3, -0.25) is 9.79 Å². The fourth-order valence-corrected chi connectivity index (χ4v) is 2.68. The number of hydrogen-bond acceptors (Lipinski definition) is 2. The summed E-state index contributed by atoms with van der Waals surface area (Å²) in [7, 11) is 3.44. The van der Waals surface area contributed by atoms with Crippen LogP contribution in [0, 0.1) is 11.3 Å². The summed E-state index contributed by atoms with van der Waals surface area (Å²) < 4.78 is 0. The van der Waals surface area contributed by atoms with Gasteiger partial charge in [0.25, 0.3) is 0 Å². The summed E-state index contributed by atoms with van der Waals surface area (Å²) in [5, 5.41) is 9.43. The highest BCUT2D eigenvalue weighted by molar-refractivity contribution is 14.0. The molecule has 3 N–H and O–H groups in total. The van der Waals surface area contributed by atoms with E-state index in [9.17, 15) is 4.79 Å². The van der Waals surface area contributed by atoms with Crippen LogP contribution < -0.4 is 16.0 Å². The molecule has 0 aromatic heterocycles. The Hall–Kier alpha value is -0.530. The molecule has 0 spiro atoms. The second kappa shape index (κ2) is 9.48. The van der Waals surface area contributed by atoms with Gasteiger partial charge in [0.2, 0.25) is 5.91 Å². The second-order valence-electron chi connectivity index (χ2n) is 6.50. The van der Waals surface area contributed by atoms with Crippen LogP contribution in [0.2, 0.25) is 0 Å². The van der Waals surface area contributed by atoms with Crippen molar-refractivity contribution in [1.29, 1.82) is 0 Å². The molecule has 2 atom stereocenters. The Morgan fingerprint density at radius 3 is 2.52 bits per heavy atom. The zero-order chi connectivity index (χ0) is 15.2. The van der Waals surface area contributed by atoms with Crippen LogP contribution in [0.15, 0.2) is 4.99 Å². The molecule has 0 saturated heterocycles. The van der Waals surface area contributed by atoms with E-state index >= 15 is 0 Å². The third-order valence-corrected chi connectivity index (χ3v) is 4.04. The first-order valence-corrected chi connectivity index (χ1v) is 7.58. The fraction of sp³-hybridized carbons (Fsp3) is 0.867. The zero-order valence-corrected chi connectivity index (χ0v) is 16.3. The molecule has 0 aliphatic heterocycles. The molecule has 1 saturated carbocycles. The fourth-order valence-electron chi connectivity index (χ4n) is 2.68. The van der Waals surface area contributed by atoms with E-state index in [4.69, 9.17) is 0 Å². The van der Waals surface area contributed by atoms with Crippen molar-refractivity contribution in [3.8, 4) is 0 Å². The highest BCUT2D eigenvalue weighted by Gasteiger charge is 2.27. The molecule has 0 aromatic rings. The Kier molecular flexibility index (Phi) is 9.24. The third kappa shape index (κ3) is 6.84. The molecule has 1 rings (SSSR count). The van der Waals surface area contributed by atoms with E-state index in [1.165, 1.54) is 25.7 Å². The first kappa shape index (κ1) is 20.5. The molecular formula is C15H31IN4O. The number of carbonyl (C=O) groups excluding carboxylic acids is 1. The van der Waals surface area contributed by atoms with Crippen molar-refractivity contribution >= 4 is 35.8 Å². The minimum atomic E-state index is -0.452. The lowest BCUT2D eigenvalue weighted by atomic mass is 9.87. The molecule has 0 radical (unpaired) electrons. The van der Waals surface area contributed by atoms with E-state index in [1.54, 1.807) is 14.1 Å². The number of nitrogens with one attached hydrogen (secondary N) is 3. The van der Waals surface area contributed by atoms with Crippen molar-refractivity contribution in [2.45, 2.75) is 52.5 Å². The maximum absolute atomic E-state index is 11.8. The van der Waals surface area contributed by atoms with E-state index in [0.717, 1.165) is 11.9 Å². The standard InChI is InChI=1S/C15H30N4O.HI/c1-11-7-6-8-12(9-11)19-14(17-5)18-10-15(2,3)13(20)16-4;/h11-12H,6-10H2,1-5H3,(H,16,20)(H2,17,18,19);1H. The molecule has 6 heteroatoms. The molecule has 1 fully saturated rings. The van der Waals surface area contributed by atoms with Gasteiger partial charge in [-0.15, -0.1) is 24.0 Å². The van der Waals surface area contributed by atoms with Gasteiger partial charge in [-0.1, -0.05) is 19.8 Å². The Bertz CT molecular complexity index is 358. The number of amides is 1. The lowest BCUT2D eigenvalue weighted by molar-refractivity contribution is -0.128. The number of hydrogen-bond donors (Lipinski definition) is 3. The SMILES string of the molecule is CN=C(NCC(C)(C)C(=O)NC)NC1CCCC(C)C1.I. The smallest absolute Gasteiger partial charge is 0.227 e. The summed E-state index contributed by atoms with van der Waals surface area (Å²) in [4.78, 5) is 16.0. The van der Waals surface area contributed by atoms with Crippen LogP contribution in [-0.2, 0) is 4.79 Å². The average Bonchev–Trinajstić information content (AvgIpc) is 2.42. The van der Waals surface area contributed by atoms with Crippen LogP contribution in [0.3, 0.4) is 0 Å². The van der Waals surface area contributed by atoms with E-state index in [2.05, 4.69) is 27.9 Å². The Morgan fingerprint density at radius 1 is 1.33 bits per heavy atom. The summed E-state index contributed by atoms with van der Waals surface area (Å²) in [5.41, 5.74) is -0.452. The van der Waals surface area contributed by atoms with Crippen molar-refractivity contribution in [3.05, 3.63) is 0 Å². The van der Waals surface area contributed by atoms with E-state index in [0.29, 0.717) is 12.6 Å². The van der Waals surface area contributed by atoms with Gasteiger partial charge >= 0.3 is 0 Å². The quantitative estimate of drug-likeness (QED) is 0.378. The van der Waals surface area contributed by atoms with Crippen LogP contribution in [0.4, 0.5) is 0 Å². The number of guanidine groups is 1. The minimum absolute atomic E-state index is 0. The molecule has 0 aromatic carbocycles. The second-order valence-corrected chi connectivity index (χ2v) is 6.50. The monoisotopic (exact) mass is 410 g/mol. The highest BCUT2D eigenvalue weighted by Crippen LogP contribution is 2.23. The zero-order valence-electron chi connectivity index (χ0n) is 14.0. The summed E-state index contributed by atoms with van der Waals surface area (Å²) in [6.07, 6.45) is 5.00. The van der Waals surface area contributed by atoms with Crippen molar-refractivity contribution in [2.24, 2.45) is 16.3 Å². The minimum Gasteiger partial charge on any atom is -0.359 e. The Balaban J connectivity index is 0.00000400. The molecule has 124 valence electrons. The summed E-state index contributed by atoms with van der Waals surface area (Å²) in [6.45, 7) is 6.72. The molecule has 21 heavy (non-hydrogen) atoms. The van der Waals surface area contributed by atoms with E-state index in [-0.39, 0.29) is 29.9 Å². The Morgan fingerprint density at radius 2 is 2.00 bits per heavy atom. The summed E-state index contributed by atoms with van der Waals surface area (Å²) in [6, 6.07) is 0.494. The molecule has 1 aliphatic carbocycles. The van der Waals surface area contributed by atoms with Gasteiger partial charge in [0.1, 0.15) is 0 Å². The third-order valence-electron chi connectivity index (χ3n) is 4.04. The summed E-state index contributed by atoms with van der Waals surface area (Å²) >= 11 is 0. The number of nitrogens with zero attached hydrogens (tertiary/aromatic N) is 1. The maximum Gasteiger partial charge on any atom is 0.227 e. The van der Waals surface area contributed by atoms with Crippen molar-refractivity contribution in [3.63, 3.8) is 0 Å². The normalized spacial score (nSPS) is 23.0. The lowest BCUT2D eigenvalue weighted by Gasteiger charge is -2.30. The van der Waals surface area contributed by atoms with Gasteiger partial charge in [0.15, 0.2) is 5.96 Å². The van der Waals surface area contributed by atoms with E-state index < -0.39 is 5.41 Å². The molecular weight excluding hydrogens is 379 g/mol. The average molecular weight is 410 g/mol. The maximum atomic E-state index is 11.8. The number of halogens is 1. The largest absolute Gasteiger partial charge is 0.359 e. The number of aliphatic imine (C=N–C) groups is 1. The van der Waals surface area contributed by atoms with Crippen LogP contribution in [0.1, 0.15) is 46.5 Å². The molecule has 0 heterocycles. The van der Waals surface area contributed by atoms with Gasteiger partial charge in [-0.25, -0.2) is 0 Å². The van der Waals surface area contributed by atoms with Gasteiger partial charge in [0, 0.05) is 26.7 Å². The lowest BCUT2D eigenvalue weighted by Crippen LogP contribution is -2.50. The van der Waals surface area contributed by atoms with Crippen molar-refractivity contribution in [2.75, 3.05) is 20.6 Å². The first-order valence-electron chi connectivity index (χ1n) is 7.58. The molecule has 0 bridgehead atoms. The molecule has 1 amide bonds. The summed E-state index contributed by atoms with van der Waals surface area (Å²) in [5.74, 6) is 1.61. The van der Waals surface area contributed by atoms with E-state index in [1.807, 2.05) is 13.8 Å². The number of rotatable bonds is 4. The van der Waals surface area contributed by atoms with Crippen LogP contribution in [-0.4, -0.2) is 38.5 Å². The molecule has 5 nitrogen and oxygen atoms in total. The number of carbonyl (C=O) groups is 1. The predicted molar refractivity (Wildman–Crippen MR) is 99.2 cm³/mol. The topological polar surface area (TPSA) is 65.5 Å². The van der Waals surface area contributed by atoms with Gasteiger partial charge < -0.3 is 16.0 Å². The first-order chi connectivity index (χ1) is 9.39. The van der Waals surface area contributed by atoms with Crippen molar-refractivity contribution < 1.29 is 4.79 Å². The van der Waals surface area contributed by atoms with Gasteiger partial charge in [-0.05, 0) is 32.6 Å². The van der Waals surface area contributed by atoms with Gasteiger partial charge in [-0.2, -0.15) is 0 Å². The predicted octanol–water partition coefficient (Wildman–Crippen LogP) is 2.12. The van der Waals surface area contributed by atoms with Crippen LogP contribution >= 0.6 is 24.0 Å².